The quantitative estimate of drug-likeness (QED) is 0.735. The van der Waals surface area contributed by atoms with Crippen LogP contribution in [0.3, 0.4) is 0 Å². The van der Waals surface area contributed by atoms with Crippen molar-refractivity contribution in [1.29, 1.82) is 0 Å². The average Bonchev–Trinajstić information content (AvgIpc) is 2.71. The smallest absolute Gasteiger partial charge is 0.141 e. The fourth-order valence-electron chi connectivity index (χ4n) is 1.31. The normalized spacial score (nSPS) is 10.4. The van der Waals surface area contributed by atoms with Crippen molar-refractivity contribution >= 4 is 0 Å². The van der Waals surface area contributed by atoms with Crippen LogP contribution < -0.4 is 0 Å². The van der Waals surface area contributed by atoms with E-state index in [9.17, 15) is 0 Å². The zero-order valence-corrected chi connectivity index (χ0v) is 8.09. The lowest BCUT2D eigenvalue weighted by molar-refractivity contribution is 0.857. The second kappa shape index (κ2) is 4.00. The first-order chi connectivity index (χ1) is 6.90. The zero-order chi connectivity index (χ0) is 9.80. The summed E-state index contributed by atoms with van der Waals surface area (Å²) < 4.78 is 1.88. The highest BCUT2D eigenvalue weighted by molar-refractivity contribution is 5.23. The summed E-state index contributed by atoms with van der Waals surface area (Å²) in [5.74, 6) is 0.876. The molecule has 0 saturated carbocycles. The van der Waals surface area contributed by atoms with Gasteiger partial charge in [0.15, 0.2) is 0 Å². The van der Waals surface area contributed by atoms with Crippen molar-refractivity contribution in [3.63, 3.8) is 0 Å². The molecule has 0 aliphatic carbocycles. The molecule has 2 heterocycles. The molecular weight excluding hydrogens is 176 g/mol. The van der Waals surface area contributed by atoms with E-state index < -0.39 is 0 Å². The Morgan fingerprint density at radius 2 is 2.29 bits per heavy atom. The topological polar surface area (TPSA) is 43.6 Å². The Kier molecular flexibility index (Phi) is 2.53. The first-order valence-corrected chi connectivity index (χ1v) is 4.69. The molecule has 0 aliphatic rings. The number of aromatic nitrogens is 4. The summed E-state index contributed by atoms with van der Waals surface area (Å²) in [6.45, 7) is 2.14. The van der Waals surface area contributed by atoms with E-state index in [0.29, 0.717) is 0 Å². The Labute approximate surface area is 82.7 Å². The predicted molar refractivity (Wildman–Crippen MR) is 53.1 cm³/mol. The summed E-state index contributed by atoms with van der Waals surface area (Å²) in [6.07, 6.45) is 9.03. The van der Waals surface area contributed by atoms with Crippen LogP contribution in [0.1, 0.15) is 19.0 Å². The number of hydrogen-bond donors (Lipinski definition) is 0. The fourth-order valence-corrected chi connectivity index (χ4v) is 1.31. The summed E-state index contributed by atoms with van der Waals surface area (Å²) in [5.41, 5.74) is 1.08. The van der Waals surface area contributed by atoms with Gasteiger partial charge in [-0.1, -0.05) is 13.3 Å². The van der Waals surface area contributed by atoms with Gasteiger partial charge in [0.2, 0.25) is 0 Å². The van der Waals surface area contributed by atoms with Gasteiger partial charge in [0.05, 0.1) is 0 Å². The third-order valence-corrected chi connectivity index (χ3v) is 1.98. The lowest BCUT2D eigenvalue weighted by Crippen LogP contribution is -1.98. The molecule has 72 valence electrons. The summed E-state index contributed by atoms with van der Waals surface area (Å²) in [4.78, 5) is 12.3. The van der Waals surface area contributed by atoms with Gasteiger partial charge in [-0.2, -0.15) is 0 Å². The standard InChI is InChI=1S/C10H12N4/c1-2-3-9-6-10(13-7-12-9)14-5-4-11-8-14/h4-8H,2-3H2,1H3. The van der Waals surface area contributed by atoms with Gasteiger partial charge in [0.25, 0.3) is 0 Å². The summed E-state index contributed by atoms with van der Waals surface area (Å²) in [7, 11) is 0. The molecule has 14 heavy (non-hydrogen) atoms. The predicted octanol–water partition coefficient (Wildman–Crippen LogP) is 1.61. The van der Waals surface area contributed by atoms with E-state index in [1.807, 2.05) is 16.8 Å². The monoisotopic (exact) mass is 188 g/mol. The van der Waals surface area contributed by atoms with E-state index in [-0.39, 0.29) is 0 Å². The van der Waals surface area contributed by atoms with Crippen molar-refractivity contribution in [2.75, 3.05) is 0 Å². The van der Waals surface area contributed by atoms with E-state index >= 15 is 0 Å². The number of nitrogens with zero attached hydrogens (tertiary/aromatic N) is 4. The highest BCUT2D eigenvalue weighted by Crippen LogP contribution is 2.05. The first-order valence-electron chi connectivity index (χ1n) is 4.69. The third kappa shape index (κ3) is 1.79. The highest BCUT2D eigenvalue weighted by atomic mass is 15.1. The molecule has 2 rings (SSSR count). The SMILES string of the molecule is CCCc1cc(-n2ccnc2)ncn1. The maximum absolute atomic E-state index is 4.19. The Morgan fingerprint density at radius 1 is 1.36 bits per heavy atom. The summed E-state index contributed by atoms with van der Waals surface area (Å²) >= 11 is 0. The second-order valence-electron chi connectivity index (χ2n) is 3.09. The molecule has 4 nitrogen and oxygen atoms in total. The van der Waals surface area contributed by atoms with Crippen LogP contribution in [0.15, 0.2) is 31.1 Å². The average molecular weight is 188 g/mol. The fraction of sp³-hybridized carbons (Fsp3) is 0.300. The summed E-state index contributed by atoms with van der Waals surface area (Å²) in [5, 5.41) is 0. The highest BCUT2D eigenvalue weighted by Gasteiger charge is 1.99. The van der Waals surface area contributed by atoms with Crippen LogP contribution in [0.25, 0.3) is 5.82 Å². The van der Waals surface area contributed by atoms with Crippen molar-refractivity contribution in [1.82, 2.24) is 19.5 Å². The van der Waals surface area contributed by atoms with Gasteiger partial charge in [-0.3, -0.25) is 4.57 Å². The first kappa shape index (κ1) is 8.87. The largest absolute Gasteiger partial charge is 0.290 e. The van der Waals surface area contributed by atoms with Gasteiger partial charge in [-0.05, 0) is 6.42 Å². The Hall–Kier alpha value is -1.71. The molecule has 0 amide bonds. The van der Waals surface area contributed by atoms with Crippen LogP contribution in [0.2, 0.25) is 0 Å². The van der Waals surface area contributed by atoms with E-state index in [4.69, 9.17) is 0 Å². The van der Waals surface area contributed by atoms with Crippen LogP contribution in [0.4, 0.5) is 0 Å². The van der Waals surface area contributed by atoms with Crippen LogP contribution in [0.5, 0.6) is 0 Å². The van der Waals surface area contributed by atoms with Gasteiger partial charge in [0.1, 0.15) is 18.5 Å². The minimum absolute atomic E-state index is 0.876. The van der Waals surface area contributed by atoms with E-state index in [0.717, 1.165) is 24.4 Å². The molecule has 0 unspecified atom stereocenters. The molecule has 0 N–H and O–H groups in total. The van der Waals surface area contributed by atoms with Gasteiger partial charge in [0, 0.05) is 24.2 Å². The van der Waals surface area contributed by atoms with Crippen molar-refractivity contribution in [2.24, 2.45) is 0 Å². The lowest BCUT2D eigenvalue weighted by atomic mass is 10.2. The van der Waals surface area contributed by atoms with Crippen molar-refractivity contribution < 1.29 is 0 Å². The van der Waals surface area contributed by atoms with Gasteiger partial charge >= 0.3 is 0 Å². The Bertz CT molecular complexity index is 394. The minimum Gasteiger partial charge on any atom is -0.290 e. The molecule has 0 radical (unpaired) electrons. The van der Waals surface area contributed by atoms with Gasteiger partial charge < -0.3 is 0 Å². The summed E-state index contributed by atoms with van der Waals surface area (Å²) in [6, 6.07) is 1.99. The molecule has 0 aromatic carbocycles. The van der Waals surface area contributed by atoms with Crippen molar-refractivity contribution in [3.05, 3.63) is 36.8 Å². The maximum Gasteiger partial charge on any atom is 0.141 e. The van der Waals surface area contributed by atoms with Crippen molar-refractivity contribution in [3.8, 4) is 5.82 Å². The van der Waals surface area contributed by atoms with Crippen LogP contribution in [0, 0.1) is 0 Å². The lowest BCUT2D eigenvalue weighted by Gasteiger charge is -2.02. The molecule has 2 aromatic rings. The molecule has 0 spiro atoms. The maximum atomic E-state index is 4.19. The van der Waals surface area contributed by atoms with Crippen LogP contribution >= 0.6 is 0 Å². The number of hydrogen-bond acceptors (Lipinski definition) is 3. The van der Waals surface area contributed by atoms with Gasteiger partial charge in [-0.15, -0.1) is 0 Å². The molecule has 0 saturated heterocycles. The molecule has 0 atom stereocenters. The number of imidazole rings is 1. The van der Waals surface area contributed by atoms with E-state index in [1.54, 1.807) is 18.9 Å². The molecular formula is C10H12N4. The molecule has 0 aliphatic heterocycles. The molecule has 0 bridgehead atoms. The van der Waals surface area contributed by atoms with Crippen molar-refractivity contribution in [2.45, 2.75) is 19.8 Å². The molecule has 2 aromatic heterocycles. The third-order valence-electron chi connectivity index (χ3n) is 1.98. The van der Waals surface area contributed by atoms with Crippen LogP contribution in [-0.2, 0) is 6.42 Å². The Balaban J connectivity index is 2.31. The number of rotatable bonds is 3. The van der Waals surface area contributed by atoms with Crippen LogP contribution in [-0.4, -0.2) is 19.5 Å². The number of aryl methyl sites for hydroxylation is 1. The molecule has 4 heteroatoms. The minimum atomic E-state index is 0.876. The Morgan fingerprint density at radius 3 is 3.00 bits per heavy atom. The molecule has 0 fully saturated rings. The zero-order valence-electron chi connectivity index (χ0n) is 8.09. The van der Waals surface area contributed by atoms with Gasteiger partial charge in [-0.25, -0.2) is 15.0 Å². The van der Waals surface area contributed by atoms with E-state index in [2.05, 4.69) is 21.9 Å². The van der Waals surface area contributed by atoms with E-state index in [1.165, 1.54) is 0 Å². The second-order valence-corrected chi connectivity index (χ2v) is 3.09.